The summed E-state index contributed by atoms with van der Waals surface area (Å²) in [5.74, 6) is 0. The van der Waals surface area contributed by atoms with Gasteiger partial charge in [-0.25, -0.2) is 0 Å². The quantitative estimate of drug-likeness (QED) is 0.523. The first-order valence-corrected chi connectivity index (χ1v) is 3.34. The summed E-state index contributed by atoms with van der Waals surface area (Å²) >= 11 is 0. The fraction of sp³-hybridized carbons (Fsp3) is 0.714. The third-order valence-corrected chi connectivity index (χ3v) is 1.61. The lowest BCUT2D eigenvalue weighted by molar-refractivity contribution is -0.134. The van der Waals surface area contributed by atoms with E-state index in [1.165, 1.54) is 12.8 Å². The highest BCUT2D eigenvalue weighted by Gasteiger charge is 2.12. The second-order valence-corrected chi connectivity index (χ2v) is 2.31. The van der Waals surface area contributed by atoms with Crippen molar-refractivity contribution in [2.24, 2.45) is 0 Å². The zero-order valence-corrected chi connectivity index (χ0v) is 5.38. The SMILES string of the molecule is O=COC1C[CH]CCC1. The number of hydrogen-bond acceptors (Lipinski definition) is 2. The summed E-state index contributed by atoms with van der Waals surface area (Å²) in [5.41, 5.74) is 0. The molecule has 1 aliphatic rings. The Morgan fingerprint density at radius 3 is 3.11 bits per heavy atom. The molecule has 0 aromatic carbocycles. The van der Waals surface area contributed by atoms with E-state index in [0.717, 1.165) is 12.8 Å². The lowest BCUT2D eigenvalue weighted by Gasteiger charge is -2.18. The molecule has 2 heteroatoms. The molecule has 0 N–H and O–H groups in total. The lowest BCUT2D eigenvalue weighted by atomic mass is 9.98. The van der Waals surface area contributed by atoms with Crippen LogP contribution in [0.1, 0.15) is 25.7 Å². The van der Waals surface area contributed by atoms with Crippen LogP contribution >= 0.6 is 0 Å². The topological polar surface area (TPSA) is 26.3 Å². The molecule has 1 fully saturated rings. The van der Waals surface area contributed by atoms with Crippen molar-refractivity contribution in [2.45, 2.75) is 31.8 Å². The number of carbonyl (C=O) groups is 1. The second kappa shape index (κ2) is 3.49. The molecular weight excluding hydrogens is 116 g/mol. The van der Waals surface area contributed by atoms with Crippen LogP contribution in [0, 0.1) is 6.42 Å². The van der Waals surface area contributed by atoms with E-state index in [-0.39, 0.29) is 6.10 Å². The highest BCUT2D eigenvalue weighted by atomic mass is 16.5. The number of hydrogen-bond donors (Lipinski definition) is 0. The molecule has 0 bridgehead atoms. The molecule has 51 valence electrons. The van der Waals surface area contributed by atoms with Crippen LogP contribution in [0.4, 0.5) is 0 Å². The largest absolute Gasteiger partial charge is 0.465 e. The van der Waals surface area contributed by atoms with Gasteiger partial charge in [0.25, 0.3) is 6.47 Å². The maximum absolute atomic E-state index is 9.84. The highest BCUT2D eigenvalue weighted by Crippen LogP contribution is 2.18. The van der Waals surface area contributed by atoms with Crippen LogP contribution < -0.4 is 0 Å². The van der Waals surface area contributed by atoms with Gasteiger partial charge in [0.2, 0.25) is 0 Å². The molecule has 9 heavy (non-hydrogen) atoms. The van der Waals surface area contributed by atoms with Gasteiger partial charge in [-0.05, 0) is 32.1 Å². The third-order valence-electron chi connectivity index (χ3n) is 1.61. The van der Waals surface area contributed by atoms with Crippen molar-refractivity contribution in [3.63, 3.8) is 0 Å². The van der Waals surface area contributed by atoms with Crippen LogP contribution in [0.5, 0.6) is 0 Å². The zero-order chi connectivity index (χ0) is 6.53. The summed E-state index contributed by atoms with van der Waals surface area (Å²) in [4.78, 5) is 9.84. The smallest absolute Gasteiger partial charge is 0.293 e. The normalized spacial score (nSPS) is 21.3. The summed E-state index contributed by atoms with van der Waals surface area (Å²) in [6.07, 6.45) is 6.68. The van der Waals surface area contributed by atoms with Crippen LogP contribution in [0.15, 0.2) is 0 Å². The van der Waals surface area contributed by atoms with E-state index >= 15 is 0 Å². The van der Waals surface area contributed by atoms with Gasteiger partial charge in [-0.1, -0.05) is 0 Å². The summed E-state index contributed by atoms with van der Waals surface area (Å²) in [5, 5.41) is 0. The standard InChI is InChI=1S/C7H11O2/c8-6-9-7-4-2-1-3-5-7/h2,6-7H,1,3-5H2. The monoisotopic (exact) mass is 127 g/mol. The number of rotatable bonds is 2. The Labute approximate surface area is 55.2 Å². The Kier molecular flexibility index (Phi) is 2.55. The molecule has 0 aromatic rings. The molecule has 0 amide bonds. The molecule has 0 spiro atoms. The second-order valence-electron chi connectivity index (χ2n) is 2.31. The summed E-state index contributed by atoms with van der Waals surface area (Å²) < 4.78 is 4.77. The Bertz CT molecular complexity index is 84.9. The van der Waals surface area contributed by atoms with Gasteiger partial charge in [-0.3, -0.25) is 4.79 Å². The van der Waals surface area contributed by atoms with Gasteiger partial charge in [-0.15, -0.1) is 0 Å². The van der Waals surface area contributed by atoms with E-state index in [0.29, 0.717) is 6.47 Å². The van der Waals surface area contributed by atoms with Crippen LogP contribution in [0.25, 0.3) is 0 Å². The number of carbonyl (C=O) groups excluding carboxylic acids is 1. The van der Waals surface area contributed by atoms with Crippen LogP contribution in [0.2, 0.25) is 0 Å². The first-order chi connectivity index (χ1) is 4.43. The fourth-order valence-electron chi connectivity index (χ4n) is 1.11. The van der Waals surface area contributed by atoms with Gasteiger partial charge in [0.1, 0.15) is 6.10 Å². The molecule has 0 aromatic heterocycles. The van der Waals surface area contributed by atoms with Gasteiger partial charge < -0.3 is 4.74 Å². The van der Waals surface area contributed by atoms with Gasteiger partial charge >= 0.3 is 0 Å². The van der Waals surface area contributed by atoms with E-state index in [9.17, 15) is 4.79 Å². The first kappa shape index (κ1) is 6.59. The van der Waals surface area contributed by atoms with Crippen molar-refractivity contribution in [2.75, 3.05) is 0 Å². The Morgan fingerprint density at radius 1 is 1.67 bits per heavy atom. The minimum Gasteiger partial charge on any atom is -0.465 e. The van der Waals surface area contributed by atoms with Crippen LogP contribution in [0.3, 0.4) is 0 Å². The van der Waals surface area contributed by atoms with Crippen LogP contribution in [-0.2, 0) is 9.53 Å². The minimum atomic E-state index is 0.177. The lowest BCUT2D eigenvalue weighted by Crippen LogP contribution is -2.15. The first-order valence-electron chi connectivity index (χ1n) is 3.34. The average Bonchev–Trinajstić information content (AvgIpc) is 1.91. The summed E-state index contributed by atoms with van der Waals surface area (Å²) in [6.45, 7) is 0.545. The molecule has 0 saturated heterocycles. The highest BCUT2D eigenvalue weighted by molar-refractivity contribution is 5.37. The van der Waals surface area contributed by atoms with E-state index < -0.39 is 0 Å². The predicted molar refractivity (Wildman–Crippen MR) is 33.7 cm³/mol. The molecule has 1 atom stereocenters. The van der Waals surface area contributed by atoms with Crippen LogP contribution in [-0.4, -0.2) is 12.6 Å². The van der Waals surface area contributed by atoms with Crippen molar-refractivity contribution >= 4 is 6.47 Å². The van der Waals surface area contributed by atoms with Crippen molar-refractivity contribution in [1.29, 1.82) is 0 Å². The van der Waals surface area contributed by atoms with Gasteiger partial charge in [0, 0.05) is 0 Å². The average molecular weight is 127 g/mol. The van der Waals surface area contributed by atoms with Gasteiger partial charge in [-0.2, -0.15) is 0 Å². The fourth-order valence-corrected chi connectivity index (χ4v) is 1.11. The van der Waals surface area contributed by atoms with Crippen molar-refractivity contribution < 1.29 is 9.53 Å². The number of ether oxygens (including phenoxy) is 1. The van der Waals surface area contributed by atoms with Crippen molar-refractivity contribution in [3.05, 3.63) is 6.42 Å². The summed E-state index contributed by atoms with van der Waals surface area (Å²) in [6, 6.07) is 0. The van der Waals surface area contributed by atoms with E-state index in [4.69, 9.17) is 4.74 Å². The van der Waals surface area contributed by atoms with Crippen molar-refractivity contribution in [1.82, 2.24) is 0 Å². The van der Waals surface area contributed by atoms with E-state index in [2.05, 4.69) is 6.42 Å². The zero-order valence-electron chi connectivity index (χ0n) is 5.38. The van der Waals surface area contributed by atoms with E-state index in [1.54, 1.807) is 0 Å². The maximum Gasteiger partial charge on any atom is 0.293 e. The van der Waals surface area contributed by atoms with Gasteiger partial charge in [0.15, 0.2) is 0 Å². The Balaban J connectivity index is 2.15. The molecule has 1 radical (unpaired) electrons. The molecular formula is C7H11O2. The Hall–Kier alpha value is -0.530. The van der Waals surface area contributed by atoms with E-state index in [1.807, 2.05) is 0 Å². The molecule has 1 rings (SSSR count). The Morgan fingerprint density at radius 2 is 2.56 bits per heavy atom. The molecule has 1 aliphatic carbocycles. The predicted octanol–water partition coefficient (Wildman–Crippen LogP) is 1.31. The molecule has 1 saturated carbocycles. The molecule has 1 unspecified atom stereocenters. The minimum absolute atomic E-state index is 0.177. The van der Waals surface area contributed by atoms with Crippen molar-refractivity contribution in [3.8, 4) is 0 Å². The molecule has 2 nitrogen and oxygen atoms in total. The maximum atomic E-state index is 9.84. The molecule has 0 heterocycles. The molecule has 0 aliphatic heterocycles. The third kappa shape index (κ3) is 2.04. The summed E-state index contributed by atoms with van der Waals surface area (Å²) in [7, 11) is 0. The van der Waals surface area contributed by atoms with Gasteiger partial charge in [0.05, 0.1) is 0 Å².